The second kappa shape index (κ2) is 10.7. The zero-order chi connectivity index (χ0) is 7.15. The van der Waals surface area contributed by atoms with Gasteiger partial charge in [-0.25, -0.2) is 0 Å². The van der Waals surface area contributed by atoms with Gasteiger partial charge in [0.1, 0.15) is 0 Å². The van der Waals surface area contributed by atoms with Crippen molar-refractivity contribution < 1.29 is 45.2 Å². The smallest absolute Gasteiger partial charge is 0.672 e. The molecule has 0 bridgehead atoms. The van der Waals surface area contributed by atoms with Crippen molar-refractivity contribution in [1.82, 2.24) is 0 Å². The van der Waals surface area contributed by atoms with Crippen molar-refractivity contribution in [3.63, 3.8) is 0 Å². The summed E-state index contributed by atoms with van der Waals surface area (Å²) in [5, 5.41) is 0. The summed E-state index contributed by atoms with van der Waals surface area (Å²) in [5.41, 5.74) is 0. The number of rotatable bonds is 0. The fourth-order valence-electron chi connectivity index (χ4n) is 0. The average Bonchev–Trinajstić information content (AvgIpc) is 1.25. The largest absolute Gasteiger partial charge is 4.00 e. The maximum absolute atomic E-state index is 8.52. The molecule has 0 rings (SSSR count). The Labute approximate surface area is 64.1 Å². The normalized spacial score (nSPS) is 5.33. The first-order valence-electron chi connectivity index (χ1n) is 1.22. The van der Waals surface area contributed by atoms with Gasteiger partial charge >= 0.3 is 17.1 Å². The van der Waals surface area contributed by atoms with Crippen LogP contribution in [0.15, 0.2) is 0 Å². The van der Waals surface area contributed by atoms with E-state index in [1.807, 2.05) is 0 Å². The fraction of sp³-hybridized carbons (Fsp3) is 0. The molecule has 9 heteroatoms. The third kappa shape index (κ3) is 4210. The van der Waals surface area contributed by atoms with Crippen LogP contribution in [-0.4, -0.2) is 18.3 Å². The Morgan fingerprint density at radius 1 is 0.778 bits per heavy atom. The second-order valence-electron chi connectivity index (χ2n) is 0.500. The van der Waals surface area contributed by atoms with Gasteiger partial charge in [-0.1, -0.05) is 0 Å². The molecular weight excluding hydrogens is 208 g/mol. The fourth-order valence-corrected chi connectivity index (χ4v) is 0. The molecule has 0 atom stereocenters. The maximum Gasteiger partial charge on any atom is 4.00 e. The summed E-state index contributed by atoms with van der Waals surface area (Å²) in [5.74, 6) is 0. The van der Waals surface area contributed by atoms with E-state index in [2.05, 4.69) is 0 Å². The van der Waals surface area contributed by atoms with Gasteiger partial charge < -0.3 is 28.1 Å². The molecule has 0 aromatic heterocycles. The van der Waals surface area contributed by atoms with Gasteiger partial charge in [0, 0.05) is 18.3 Å². The van der Waals surface area contributed by atoms with Crippen LogP contribution < -0.4 is 19.2 Å². The van der Waals surface area contributed by atoms with Crippen LogP contribution >= 0.6 is 0 Å². The maximum atomic E-state index is 8.52. The predicted octanol–water partition coefficient (Wildman–Crippen LogP) is -5.76. The third-order valence-electron chi connectivity index (χ3n) is 0. The Kier molecular flexibility index (Phi) is 18.9. The van der Waals surface area contributed by atoms with Crippen LogP contribution in [0.3, 0.4) is 0 Å². The zero-order valence-corrected chi connectivity index (χ0v) is 6.91. The summed E-state index contributed by atoms with van der Waals surface area (Å²) < 4.78 is 17.0. The SMILES string of the molecule is O=[Si]([O-])[O-].O=[Si]([O-])[O-].[Fe+4]. The van der Waals surface area contributed by atoms with Gasteiger partial charge in [-0.2, -0.15) is 0 Å². The summed E-state index contributed by atoms with van der Waals surface area (Å²) in [6.07, 6.45) is 0. The number of hydrogen-bond acceptors (Lipinski definition) is 6. The van der Waals surface area contributed by atoms with E-state index in [9.17, 15) is 0 Å². The Morgan fingerprint density at radius 3 is 0.778 bits per heavy atom. The van der Waals surface area contributed by atoms with Crippen LogP contribution in [0.2, 0.25) is 0 Å². The van der Waals surface area contributed by atoms with Gasteiger partial charge in [0.25, 0.3) is 0 Å². The first-order chi connectivity index (χ1) is 3.46. The molecule has 0 saturated carbocycles. The second-order valence-corrected chi connectivity index (χ2v) is 1.50. The molecule has 0 fully saturated rings. The van der Waals surface area contributed by atoms with E-state index in [1.165, 1.54) is 0 Å². The van der Waals surface area contributed by atoms with Crippen LogP contribution in [0.5, 0.6) is 0 Å². The van der Waals surface area contributed by atoms with Crippen molar-refractivity contribution in [1.29, 1.82) is 0 Å². The molecule has 0 unspecified atom stereocenters. The van der Waals surface area contributed by atoms with Crippen molar-refractivity contribution in [2.24, 2.45) is 0 Å². The van der Waals surface area contributed by atoms with Crippen molar-refractivity contribution in [2.75, 3.05) is 0 Å². The van der Waals surface area contributed by atoms with Crippen LogP contribution in [0.1, 0.15) is 0 Å². The third-order valence-corrected chi connectivity index (χ3v) is 0. The van der Waals surface area contributed by atoms with Crippen molar-refractivity contribution in [3.8, 4) is 0 Å². The molecule has 0 saturated heterocycles. The zero-order valence-electron chi connectivity index (χ0n) is 3.80. The van der Waals surface area contributed by atoms with Gasteiger partial charge in [0.2, 0.25) is 0 Å². The monoisotopic (exact) mass is 208 g/mol. The van der Waals surface area contributed by atoms with E-state index in [0.717, 1.165) is 0 Å². The minimum Gasteiger partial charge on any atom is -0.672 e. The quantitative estimate of drug-likeness (QED) is 0.365. The molecule has 0 aliphatic heterocycles. The molecule has 0 radical (unpaired) electrons. The molecule has 0 aromatic rings. The number of hydrogen-bond donors (Lipinski definition) is 0. The van der Waals surface area contributed by atoms with Crippen LogP contribution in [0.25, 0.3) is 0 Å². The summed E-state index contributed by atoms with van der Waals surface area (Å²) >= 11 is 0. The van der Waals surface area contributed by atoms with Gasteiger partial charge in [0.15, 0.2) is 0 Å². The van der Waals surface area contributed by atoms with Gasteiger partial charge in [0.05, 0.1) is 0 Å². The van der Waals surface area contributed by atoms with E-state index >= 15 is 0 Å². The summed E-state index contributed by atoms with van der Waals surface area (Å²) in [6.45, 7) is 0. The van der Waals surface area contributed by atoms with Crippen LogP contribution in [0.4, 0.5) is 0 Å². The summed E-state index contributed by atoms with van der Waals surface area (Å²) in [6, 6.07) is 0. The van der Waals surface area contributed by atoms with Crippen molar-refractivity contribution in [3.05, 3.63) is 0 Å². The van der Waals surface area contributed by atoms with Crippen LogP contribution in [-0.2, 0) is 26.0 Å². The standard InChI is InChI=1S/Fe.2O3Si/c;2*1-4(2)3/q+4;2*-2. The Morgan fingerprint density at radius 2 is 0.778 bits per heavy atom. The van der Waals surface area contributed by atoms with Gasteiger partial charge in [-0.05, 0) is 0 Å². The topological polar surface area (TPSA) is 126 Å². The van der Waals surface area contributed by atoms with E-state index in [1.54, 1.807) is 0 Å². The molecule has 6 nitrogen and oxygen atoms in total. The first kappa shape index (κ1) is 15.9. The summed E-state index contributed by atoms with van der Waals surface area (Å²) in [4.78, 5) is 34.1. The van der Waals surface area contributed by atoms with E-state index in [-0.39, 0.29) is 17.1 Å². The van der Waals surface area contributed by atoms with E-state index in [0.29, 0.717) is 0 Å². The van der Waals surface area contributed by atoms with Crippen LogP contribution in [0, 0.1) is 0 Å². The molecule has 0 N–H and O–H groups in total. The van der Waals surface area contributed by atoms with E-state index < -0.39 is 18.3 Å². The predicted molar refractivity (Wildman–Crippen MR) is 12.9 cm³/mol. The molecule has 0 aliphatic rings. The molecule has 0 amide bonds. The molecule has 0 aliphatic carbocycles. The van der Waals surface area contributed by atoms with Crippen molar-refractivity contribution in [2.45, 2.75) is 0 Å². The average molecular weight is 208 g/mol. The van der Waals surface area contributed by atoms with Gasteiger partial charge in [-0.15, -0.1) is 0 Å². The molecular formula is FeO6Si2. The summed E-state index contributed by atoms with van der Waals surface area (Å²) in [7, 11) is -7.26. The minimum atomic E-state index is -3.63. The molecule has 9 heavy (non-hydrogen) atoms. The Bertz CT molecular complexity index is 69.1. The first-order valence-corrected chi connectivity index (χ1v) is 3.67. The minimum absolute atomic E-state index is 0. The molecule has 52 valence electrons. The Hall–Kier alpha value is -0.247. The van der Waals surface area contributed by atoms with Crippen molar-refractivity contribution >= 4 is 18.3 Å². The molecule has 0 spiro atoms. The Balaban J connectivity index is -0.0000000720. The molecule has 0 heterocycles. The van der Waals surface area contributed by atoms with E-state index in [4.69, 9.17) is 28.1 Å². The molecule has 0 aromatic carbocycles. The van der Waals surface area contributed by atoms with Gasteiger partial charge in [-0.3, -0.25) is 0 Å².